The lowest BCUT2D eigenvalue weighted by molar-refractivity contribution is 0.177. The summed E-state index contributed by atoms with van der Waals surface area (Å²) in [5.74, 6) is 6.14. The SMILES string of the molecule is C=C/C(=C\C(=C)C#CC1=CC=CCC1)[C@@H]1COC(=O)N1. The smallest absolute Gasteiger partial charge is 0.407 e. The van der Waals surface area contributed by atoms with E-state index in [9.17, 15) is 4.79 Å². The fraction of sp³-hybridized carbons (Fsp3) is 0.235. The molecule has 1 heterocycles. The second kappa shape index (κ2) is 6.63. The summed E-state index contributed by atoms with van der Waals surface area (Å²) >= 11 is 0. The fourth-order valence-corrected chi connectivity index (χ4v) is 1.97. The Kier molecular flexibility index (Phi) is 4.62. The van der Waals surface area contributed by atoms with Crippen LogP contribution in [-0.2, 0) is 4.74 Å². The van der Waals surface area contributed by atoms with E-state index in [4.69, 9.17) is 4.74 Å². The summed E-state index contributed by atoms with van der Waals surface area (Å²) in [5.41, 5.74) is 2.66. The minimum absolute atomic E-state index is 0.171. The Morgan fingerprint density at radius 3 is 3.00 bits per heavy atom. The number of hydrogen-bond donors (Lipinski definition) is 1. The van der Waals surface area contributed by atoms with Gasteiger partial charge in [0.05, 0.1) is 6.04 Å². The van der Waals surface area contributed by atoms with Crippen LogP contribution < -0.4 is 5.32 Å². The first-order chi connectivity index (χ1) is 9.69. The number of rotatable bonds is 3. The number of alkyl carbamates (subject to hydrolysis) is 1. The third-order valence-corrected chi connectivity index (χ3v) is 3.05. The van der Waals surface area contributed by atoms with Gasteiger partial charge in [0.1, 0.15) is 6.61 Å². The monoisotopic (exact) mass is 267 g/mol. The lowest BCUT2D eigenvalue weighted by atomic mass is 10.0. The van der Waals surface area contributed by atoms with Crippen molar-refractivity contribution < 1.29 is 9.53 Å². The number of amides is 1. The molecular formula is C17H17NO2. The van der Waals surface area contributed by atoms with Gasteiger partial charge >= 0.3 is 6.09 Å². The van der Waals surface area contributed by atoms with Crippen LogP contribution in [-0.4, -0.2) is 18.7 Å². The van der Waals surface area contributed by atoms with Crippen molar-refractivity contribution in [1.82, 2.24) is 5.32 Å². The minimum atomic E-state index is -0.404. The molecular weight excluding hydrogens is 250 g/mol. The van der Waals surface area contributed by atoms with Crippen molar-refractivity contribution in [2.24, 2.45) is 0 Å². The van der Waals surface area contributed by atoms with Crippen LogP contribution in [0.25, 0.3) is 0 Å². The highest BCUT2D eigenvalue weighted by molar-refractivity contribution is 5.71. The van der Waals surface area contributed by atoms with Crippen LogP contribution in [0.5, 0.6) is 0 Å². The Morgan fingerprint density at radius 1 is 1.55 bits per heavy atom. The predicted octanol–water partition coefficient (Wildman–Crippen LogP) is 3.04. The van der Waals surface area contributed by atoms with E-state index in [1.807, 2.05) is 18.2 Å². The standard InChI is InChI=1S/C17H17NO2/c1-3-15(16-12-20-17(19)18-16)11-13(2)9-10-14-7-5-4-6-8-14/h3-5,7,11,16H,1-2,6,8,12H2,(H,18,19)/b15-11+/t16-/m0/s1. The molecule has 0 unspecified atom stereocenters. The zero-order chi connectivity index (χ0) is 14.4. The van der Waals surface area contributed by atoms with E-state index in [0.29, 0.717) is 12.2 Å². The lowest BCUT2D eigenvalue weighted by Gasteiger charge is -2.07. The van der Waals surface area contributed by atoms with Crippen molar-refractivity contribution in [3.05, 3.63) is 60.3 Å². The zero-order valence-corrected chi connectivity index (χ0v) is 11.3. The van der Waals surface area contributed by atoms with Crippen LogP contribution in [0, 0.1) is 11.8 Å². The maximum Gasteiger partial charge on any atom is 0.407 e. The number of nitrogens with one attached hydrogen (secondary N) is 1. The van der Waals surface area contributed by atoms with Gasteiger partial charge in [-0.05, 0) is 24.5 Å². The van der Waals surface area contributed by atoms with Gasteiger partial charge in [-0.3, -0.25) is 0 Å². The van der Waals surface area contributed by atoms with Crippen molar-refractivity contribution in [1.29, 1.82) is 0 Å². The molecule has 1 saturated heterocycles. The third-order valence-electron chi connectivity index (χ3n) is 3.05. The van der Waals surface area contributed by atoms with Crippen LogP contribution in [0.4, 0.5) is 4.79 Å². The zero-order valence-electron chi connectivity index (χ0n) is 11.3. The molecule has 0 spiro atoms. The van der Waals surface area contributed by atoms with E-state index in [2.05, 4.69) is 36.4 Å². The van der Waals surface area contributed by atoms with Gasteiger partial charge in [-0.25, -0.2) is 4.79 Å². The Labute approximate surface area is 119 Å². The highest BCUT2D eigenvalue weighted by atomic mass is 16.6. The van der Waals surface area contributed by atoms with Crippen LogP contribution in [0.2, 0.25) is 0 Å². The fourth-order valence-electron chi connectivity index (χ4n) is 1.97. The molecule has 1 atom stereocenters. The summed E-state index contributed by atoms with van der Waals surface area (Å²) in [6.07, 6.45) is 11.3. The van der Waals surface area contributed by atoms with Crippen molar-refractivity contribution in [2.45, 2.75) is 18.9 Å². The third kappa shape index (κ3) is 3.76. The second-order valence-electron chi connectivity index (χ2n) is 4.58. The Hall–Kier alpha value is -2.47. The summed E-state index contributed by atoms with van der Waals surface area (Å²) in [4.78, 5) is 11.0. The summed E-state index contributed by atoms with van der Waals surface area (Å²) < 4.78 is 4.86. The van der Waals surface area contributed by atoms with Crippen molar-refractivity contribution in [3.8, 4) is 11.8 Å². The van der Waals surface area contributed by atoms with Gasteiger partial charge in [0.15, 0.2) is 0 Å². The summed E-state index contributed by atoms with van der Waals surface area (Å²) in [5, 5.41) is 2.71. The molecule has 102 valence electrons. The molecule has 1 aliphatic heterocycles. The summed E-state index contributed by atoms with van der Waals surface area (Å²) in [6, 6.07) is -0.171. The Balaban J connectivity index is 2.04. The second-order valence-corrected chi connectivity index (χ2v) is 4.58. The molecule has 3 heteroatoms. The molecule has 2 rings (SSSR count). The first kappa shape index (κ1) is 14.0. The van der Waals surface area contributed by atoms with Gasteiger partial charge in [-0.15, -0.1) is 0 Å². The molecule has 1 aliphatic carbocycles. The Morgan fingerprint density at radius 2 is 2.40 bits per heavy atom. The molecule has 0 aromatic rings. The summed E-state index contributed by atoms with van der Waals surface area (Å²) in [7, 11) is 0. The molecule has 0 bridgehead atoms. The van der Waals surface area contributed by atoms with Crippen LogP contribution in [0.3, 0.4) is 0 Å². The van der Waals surface area contributed by atoms with Crippen molar-refractivity contribution >= 4 is 6.09 Å². The first-order valence-electron chi connectivity index (χ1n) is 6.53. The first-order valence-corrected chi connectivity index (χ1v) is 6.53. The molecule has 1 amide bonds. The molecule has 2 aliphatic rings. The summed E-state index contributed by atoms with van der Waals surface area (Å²) in [6.45, 7) is 7.98. The van der Waals surface area contributed by atoms with Gasteiger partial charge in [-0.2, -0.15) is 0 Å². The molecule has 1 fully saturated rings. The average molecular weight is 267 g/mol. The van der Waals surface area contributed by atoms with Gasteiger partial charge in [0.2, 0.25) is 0 Å². The maximum atomic E-state index is 11.0. The number of allylic oxidation sites excluding steroid dienone is 6. The molecule has 0 radical (unpaired) electrons. The van der Waals surface area contributed by atoms with E-state index in [1.54, 1.807) is 6.08 Å². The Bertz CT molecular complexity index is 582. The van der Waals surface area contributed by atoms with Crippen LogP contribution in [0.15, 0.2) is 60.3 Å². The normalized spacial score (nSPS) is 21.2. The van der Waals surface area contributed by atoms with Gasteiger partial charge in [-0.1, -0.05) is 49.3 Å². The predicted molar refractivity (Wildman–Crippen MR) is 79.9 cm³/mol. The number of hydrogen-bond acceptors (Lipinski definition) is 2. The van der Waals surface area contributed by atoms with E-state index in [-0.39, 0.29) is 6.04 Å². The average Bonchev–Trinajstić information content (AvgIpc) is 2.90. The van der Waals surface area contributed by atoms with Gasteiger partial charge < -0.3 is 10.1 Å². The van der Waals surface area contributed by atoms with E-state index < -0.39 is 6.09 Å². The lowest BCUT2D eigenvalue weighted by Crippen LogP contribution is -2.27. The number of carbonyl (C=O) groups is 1. The molecule has 0 aromatic carbocycles. The largest absolute Gasteiger partial charge is 0.447 e. The van der Waals surface area contributed by atoms with E-state index in [0.717, 1.165) is 24.0 Å². The van der Waals surface area contributed by atoms with Gasteiger partial charge in [0.25, 0.3) is 0 Å². The van der Waals surface area contributed by atoms with Crippen molar-refractivity contribution in [3.63, 3.8) is 0 Å². The highest BCUT2D eigenvalue weighted by Gasteiger charge is 2.23. The maximum absolute atomic E-state index is 11.0. The molecule has 1 N–H and O–H groups in total. The van der Waals surface area contributed by atoms with Gasteiger partial charge in [0, 0.05) is 11.1 Å². The molecule has 0 saturated carbocycles. The quantitative estimate of drug-likeness (QED) is 0.630. The van der Waals surface area contributed by atoms with E-state index in [1.165, 1.54) is 0 Å². The number of carbonyl (C=O) groups excluding carboxylic acids is 1. The number of ether oxygens (including phenoxy) is 1. The molecule has 0 aromatic heterocycles. The molecule has 3 nitrogen and oxygen atoms in total. The molecule has 20 heavy (non-hydrogen) atoms. The topological polar surface area (TPSA) is 38.3 Å². The van der Waals surface area contributed by atoms with E-state index >= 15 is 0 Å². The van der Waals surface area contributed by atoms with Crippen LogP contribution >= 0.6 is 0 Å². The number of cyclic esters (lactones) is 1. The highest BCUT2D eigenvalue weighted by Crippen LogP contribution is 2.13. The van der Waals surface area contributed by atoms with Crippen LogP contribution in [0.1, 0.15) is 12.8 Å². The minimum Gasteiger partial charge on any atom is -0.447 e. The van der Waals surface area contributed by atoms with Crippen molar-refractivity contribution in [2.75, 3.05) is 6.61 Å².